The van der Waals surface area contributed by atoms with Crippen LogP contribution in [0.25, 0.3) is 0 Å². The molecule has 4 atom stereocenters. The summed E-state index contributed by atoms with van der Waals surface area (Å²) in [7, 11) is 0. The smallest absolute Gasteiger partial charge is 0.157 e. The van der Waals surface area contributed by atoms with E-state index in [2.05, 4.69) is 29.8 Å². The summed E-state index contributed by atoms with van der Waals surface area (Å²) >= 11 is 9.41. The van der Waals surface area contributed by atoms with E-state index in [0.717, 1.165) is 12.8 Å². The maximum atomic E-state index is 5.90. The predicted molar refractivity (Wildman–Crippen MR) is 61.8 cm³/mol. The van der Waals surface area contributed by atoms with Crippen molar-refractivity contribution in [3.8, 4) is 0 Å². The first kappa shape index (κ1) is 12.8. The largest absolute Gasteiger partial charge is 0.352 e. The highest BCUT2D eigenvalue weighted by Gasteiger charge is 2.21. The SMILES string of the molecule is [CH2][C@@H](C)C(Br)COC1CCC(Cl)CO1. The van der Waals surface area contributed by atoms with Gasteiger partial charge in [0.15, 0.2) is 6.29 Å². The van der Waals surface area contributed by atoms with Crippen LogP contribution in [-0.2, 0) is 9.47 Å². The molecular formula is C10H17BrClO2. The van der Waals surface area contributed by atoms with Gasteiger partial charge in [0.1, 0.15) is 0 Å². The van der Waals surface area contributed by atoms with Crippen LogP contribution in [0.1, 0.15) is 19.8 Å². The van der Waals surface area contributed by atoms with Crippen LogP contribution in [0.5, 0.6) is 0 Å². The number of hydrogen-bond donors (Lipinski definition) is 0. The zero-order valence-corrected chi connectivity index (χ0v) is 10.8. The van der Waals surface area contributed by atoms with E-state index >= 15 is 0 Å². The second-order valence-electron chi connectivity index (χ2n) is 3.76. The van der Waals surface area contributed by atoms with Gasteiger partial charge in [-0.05, 0) is 25.7 Å². The first-order chi connectivity index (χ1) is 6.59. The summed E-state index contributed by atoms with van der Waals surface area (Å²) in [5.41, 5.74) is 0. The van der Waals surface area contributed by atoms with Crippen molar-refractivity contribution < 1.29 is 9.47 Å². The molecule has 1 aliphatic heterocycles. The predicted octanol–water partition coefficient (Wildman–Crippen LogP) is 2.98. The van der Waals surface area contributed by atoms with Gasteiger partial charge in [0.2, 0.25) is 0 Å². The Bertz CT molecular complexity index is 158. The van der Waals surface area contributed by atoms with Gasteiger partial charge in [-0.25, -0.2) is 0 Å². The molecule has 0 spiro atoms. The second-order valence-corrected chi connectivity index (χ2v) is 5.56. The van der Waals surface area contributed by atoms with Crippen LogP contribution in [0.15, 0.2) is 0 Å². The summed E-state index contributed by atoms with van der Waals surface area (Å²) in [6.07, 6.45) is 1.78. The van der Waals surface area contributed by atoms with Gasteiger partial charge in [-0.3, -0.25) is 0 Å². The average molecular weight is 285 g/mol. The van der Waals surface area contributed by atoms with Crippen molar-refractivity contribution in [2.24, 2.45) is 5.92 Å². The van der Waals surface area contributed by atoms with E-state index in [1.807, 2.05) is 0 Å². The molecule has 0 aliphatic carbocycles. The topological polar surface area (TPSA) is 18.5 Å². The second kappa shape index (κ2) is 6.31. The van der Waals surface area contributed by atoms with E-state index in [9.17, 15) is 0 Å². The number of hydrogen-bond acceptors (Lipinski definition) is 2. The number of ether oxygens (including phenoxy) is 2. The van der Waals surface area contributed by atoms with Crippen molar-refractivity contribution in [2.45, 2.75) is 36.3 Å². The Kier molecular flexibility index (Phi) is 5.75. The van der Waals surface area contributed by atoms with Gasteiger partial charge in [0, 0.05) is 4.83 Å². The van der Waals surface area contributed by atoms with E-state index in [-0.39, 0.29) is 11.7 Å². The molecule has 2 nitrogen and oxygen atoms in total. The van der Waals surface area contributed by atoms with Crippen LogP contribution in [0.3, 0.4) is 0 Å². The van der Waals surface area contributed by atoms with Crippen LogP contribution in [0.2, 0.25) is 0 Å². The molecule has 1 rings (SSSR count). The quantitative estimate of drug-likeness (QED) is 0.739. The Balaban J connectivity index is 2.13. The van der Waals surface area contributed by atoms with E-state index < -0.39 is 0 Å². The summed E-state index contributed by atoms with van der Waals surface area (Å²) in [6.45, 7) is 7.22. The fourth-order valence-electron chi connectivity index (χ4n) is 1.19. The lowest BCUT2D eigenvalue weighted by molar-refractivity contribution is -0.161. The maximum Gasteiger partial charge on any atom is 0.157 e. The summed E-state index contributed by atoms with van der Waals surface area (Å²) in [4.78, 5) is 0.292. The molecule has 0 N–H and O–H groups in total. The standard InChI is InChI=1S/C10H17BrClO2/c1-7(2)9(11)6-14-10-4-3-8(12)5-13-10/h7-10H,1,3-6H2,2H3/t7-,8?,9?,10?/m0/s1. The van der Waals surface area contributed by atoms with Gasteiger partial charge in [0.05, 0.1) is 18.6 Å². The van der Waals surface area contributed by atoms with Crippen LogP contribution < -0.4 is 0 Å². The molecule has 0 aromatic heterocycles. The van der Waals surface area contributed by atoms with Gasteiger partial charge in [0.25, 0.3) is 0 Å². The molecule has 1 saturated heterocycles. The highest BCUT2D eigenvalue weighted by atomic mass is 79.9. The molecule has 4 heteroatoms. The number of halogens is 2. The van der Waals surface area contributed by atoms with Gasteiger partial charge in [-0.2, -0.15) is 0 Å². The Morgan fingerprint density at radius 2 is 2.36 bits per heavy atom. The van der Waals surface area contributed by atoms with Crippen LogP contribution in [0, 0.1) is 12.8 Å². The van der Waals surface area contributed by atoms with E-state index in [0.29, 0.717) is 24.0 Å². The Labute approximate surface area is 99.4 Å². The fraction of sp³-hybridized carbons (Fsp3) is 0.900. The minimum atomic E-state index is -0.0798. The van der Waals surface area contributed by atoms with E-state index in [1.165, 1.54) is 0 Å². The Morgan fingerprint density at radius 1 is 1.64 bits per heavy atom. The van der Waals surface area contributed by atoms with Crippen molar-refractivity contribution in [2.75, 3.05) is 13.2 Å². The molecule has 0 amide bonds. The van der Waals surface area contributed by atoms with E-state index in [4.69, 9.17) is 21.1 Å². The summed E-state index contributed by atoms with van der Waals surface area (Å²) in [5.74, 6) is 0.333. The molecule has 0 aromatic rings. The van der Waals surface area contributed by atoms with Gasteiger partial charge in [-0.15, -0.1) is 11.6 Å². The Hall–Kier alpha value is 0.690. The highest BCUT2D eigenvalue weighted by molar-refractivity contribution is 9.09. The lowest BCUT2D eigenvalue weighted by Gasteiger charge is -2.27. The molecule has 1 aliphatic rings. The number of alkyl halides is 2. The van der Waals surface area contributed by atoms with Gasteiger partial charge < -0.3 is 9.47 Å². The first-order valence-electron chi connectivity index (χ1n) is 4.94. The molecule has 14 heavy (non-hydrogen) atoms. The summed E-state index contributed by atoms with van der Waals surface area (Å²) in [5, 5.41) is 0.154. The third kappa shape index (κ3) is 4.47. The normalized spacial score (nSPS) is 30.6. The van der Waals surface area contributed by atoms with Crippen molar-refractivity contribution in [3.63, 3.8) is 0 Å². The van der Waals surface area contributed by atoms with Crippen LogP contribution in [-0.4, -0.2) is 29.7 Å². The van der Waals surface area contributed by atoms with Crippen LogP contribution >= 0.6 is 27.5 Å². The zero-order chi connectivity index (χ0) is 10.6. The molecular weight excluding hydrogens is 267 g/mol. The minimum Gasteiger partial charge on any atom is -0.352 e. The molecule has 1 heterocycles. The molecule has 83 valence electrons. The molecule has 0 aromatic carbocycles. The zero-order valence-electron chi connectivity index (χ0n) is 8.42. The molecule has 0 bridgehead atoms. The maximum absolute atomic E-state index is 5.90. The fourth-order valence-corrected chi connectivity index (χ4v) is 1.54. The first-order valence-corrected chi connectivity index (χ1v) is 6.29. The lowest BCUT2D eigenvalue weighted by atomic mass is 10.1. The van der Waals surface area contributed by atoms with Crippen molar-refractivity contribution in [1.82, 2.24) is 0 Å². The molecule has 0 saturated carbocycles. The highest BCUT2D eigenvalue weighted by Crippen LogP contribution is 2.20. The summed E-state index contributed by atoms with van der Waals surface area (Å²) < 4.78 is 11.0. The van der Waals surface area contributed by atoms with Crippen molar-refractivity contribution in [3.05, 3.63) is 6.92 Å². The summed E-state index contributed by atoms with van der Waals surface area (Å²) in [6, 6.07) is 0. The van der Waals surface area contributed by atoms with Gasteiger partial charge in [-0.1, -0.05) is 22.9 Å². The molecule has 3 unspecified atom stereocenters. The molecule has 1 fully saturated rings. The number of rotatable bonds is 4. The van der Waals surface area contributed by atoms with Crippen molar-refractivity contribution >= 4 is 27.5 Å². The van der Waals surface area contributed by atoms with E-state index in [1.54, 1.807) is 0 Å². The van der Waals surface area contributed by atoms with Crippen LogP contribution in [0.4, 0.5) is 0 Å². The Morgan fingerprint density at radius 3 is 2.86 bits per heavy atom. The van der Waals surface area contributed by atoms with Crippen molar-refractivity contribution in [1.29, 1.82) is 0 Å². The third-order valence-corrected chi connectivity index (χ3v) is 3.75. The lowest BCUT2D eigenvalue weighted by Crippen LogP contribution is -2.30. The minimum absolute atomic E-state index is 0.0798. The van der Waals surface area contributed by atoms with Gasteiger partial charge >= 0.3 is 0 Å². The monoisotopic (exact) mass is 283 g/mol. The molecule has 1 radical (unpaired) electrons. The average Bonchev–Trinajstić information content (AvgIpc) is 2.16. The third-order valence-electron chi connectivity index (χ3n) is 2.24.